The van der Waals surface area contributed by atoms with Crippen molar-refractivity contribution in [2.45, 2.75) is 5.41 Å². The van der Waals surface area contributed by atoms with E-state index in [1.165, 1.54) is 72.0 Å². The summed E-state index contributed by atoms with van der Waals surface area (Å²) in [7, 11) is 0. The summed E-state index contributed by atoms with van der Waals surface area (Å²) in [5, 5.41) is 4.72. The second-order valence-corrected chi connectivity index (χ2v) is 19.2. The maximum Gasteiger partial charge on any atom is 0.136 e. The zero-order valence-corrected chi connectivity index (χ0v) is 40.0. The maximum atomic E-state index is 6.32. The first-order valence-electron chi connectivity index (χ1n) is 25.1. The van der Waals surface area contributed by atoms with Gasteiger partial charge in [0.25, 0.3) is 0 Å². The van der Waals surface area contributed by atoms with Crippen LogP contribution in [0.2, 0.25) is 0 Å². The molecule has 0 fully saturated rings. The molecule has 0 bridgehead atoms. The molecule has 12 aromatic carbocycles. The Kier molecular flexibility index (Phi) is 10.1. The molecular formula is C71H47NO. The van der Waals surface area contributed by atoms with Gasteiger partial charge in [-0.3, -0.25) is 0 Å². The largest absolute Gasteiger partial charge is 0.456 e. The van der Waals surface area contributed by atoms with Crippen molar-refractivity contribution in [2.75, 3.05) is 4.90 Å². The van der Waals surface area contributed by atoms with E-state index in [1.54, 1.807) is 0 Å². The van der Waals surface area contributed by atoms with E-state index in [2.05, 4.69) is 278 Å². The van der Waals surface area contributed by atoms with Crippen molar-refractivity contribution in [3.63, 3.8) is 0 Å². The number of hydrogen-bond donors (Lipinski definition) is 0. The molecule has 0 unspecified atom stereocenters. The van der Waals surface area contributed by atoms with Crippen LogP contribution in [0.5, 0.6) is 0 Å². The lowest BCUT2D eigenvalue weighted by Crippen LogP contribution is -2.28. The molecule has 0 radical (unpaired) electrons. The highest BCUT2D eigenvalue weighted by molar-refractivity contribution is 6.06. The number of para-hydroxylation sites is 1. The van der Waals surface area contributed by atoms with Crippen LogP contribution in [-0.2, 0) is 5.41 Å². The summed E-state index contributed by atoms with van der Waals surface area (Å²) < 4.78 is 6.32. The Morgan fingerprint density at radius 2 is 0.753 bits per heavy atom. The zero-order valence-electron chi connectivity index (χ0n) is 40.0. The third-order valence-corrected chi connectivity index (χ3v) is 15.1. The highest BCUT2D eigenvalue weighted by Gasteiger charge is 2.46. The molecule has 1 heterocycles. The van der Waals surface area contributed by atoms with Crippen LogP contribution in [0.1, 0.15) is 22.3 Å². The molecular weight excluding hydrogens is 883 g/mol. The number of furan rings is 1. The number of rotatable bonds is 9. The summed E-state index contributed by atoms with van der Waals surface area (Å²) in [5.41, 5.74) is 21.6. The van der Waals surface area contributed by atoms with E-state index < -0.39 is 5.41 Å². The van der Waals surface area contributed by atoms with Crippen molar-refractivity contribution in [3.8, 4) is 55.6 Å². The quantitative estimate of drug-likeness (QED) is 0.143. The highest BCUT2D eigenvalue weighted by atomic mass is 16.3. The summed E-state index contributed by atoms with van der Waals surface area (Å²) >= 11 is 0. The van der Waals surface area contributed by atoms with E-state index in [0.29, 0.717) is 0 Å². The third-order valence-electron chi connectivity index (χ3n) is 15.1. The normalized spacial score (nSPS) is 12.5. The fourth-order valence-electron chi connectivity index (χ4n) is 11.7. The lowest BCUT2D eigenvalue weighted by molar-refractivity contribution is 0.669. The van der Waals surface area contributed by atoms with Gasteiger partial charge in [-0.25, -0.2) is 0 Å². The predicted octanol–water partition coefficient (Wildman–Crippen LogP) is 19.2. The lowest BCUT2D eigenvalue weighted by atomic mass is 9.67. The van der Waals surface area contributed by atoms with Gasteiger partial charge in [-0.1, -0.05) is 218 Å². The van der Waals surface area contributed by atoms with Crippen molar-refractivity contribution in [1.82, 2.24) is 0 Å². The van der Waals surface area contributed by atoms with Gasteiger partial charge in [0.15, 0.2) is 0 Å². The van der Waals surface area contributed by atoms with Gasteiger partial charge in [0.1, 0.15) is 11.2 Å². The van der Waals surface area contributed by atoms with Gasteiger partial charge >= 0.3 is 0 Å². The average Bonchev–Trinajstić information content (AvgIpc) is 4.02. The molecule has 2 nitrogen and oxygen atoms in total. The topological polar surface area (TPSA) is 16.4 Å². The number of nitrogens with zero attached hydrogens (tertiary/aromatic N) is 1. The summed E-state index contributed by atoms with van der Waals surface area (Å²) in [6.07, 6.45) is 0. The number of anilines is 3. The Morgan fingerprint density at radius 3 is 1.42 bits per heavy atom. The standard InChI is InChI=1S/C71H47NO/c1-4-16-48(17-5-1)51-30-32-54-45-52(31-33-53(54)44-51)49-34-39-59(40-35-49)72(60-41-36-50(37-42-60)55-38-43-64-63-24-11-13-29-68(63)73-69(64)47-55)61-23-14-18-56(46-61)62-26-15-28-67-70(62)65-25-10-12-27-66(65)71(67,57-19-6-2-7-20-57)58-21-8-3-9-22-58/h1-47H. The molecule has 342 valence electrons. The number of hydrogen-bond acceptors (Lipinski definition) is 2. The Labute approximate surface area is 425 Å². The molecule has 0 aliphatic heterocycles. The van der Waals surface area contributed by atoms with E-state index >= 15 is 0 Å². The van der Waals surface area contributed by atoms with Gasteiger partial charge in [-0.15, -0.1) is 0 Å². The number of fused-ring (bicyclic) bond motifs is 7. The molecule has 0 N–H and O–H groups in total. The lowest BCUT2D eigenvalue weighted by Gasteiger charge is -2.34. The van der Waals surface area contributed by atoms with Crippen LogP contribution in [0.4, 0.5) is 17.1 Å². The van der Waals surface area contributed by atoms with Gasteiger partial charge in [0.2, 0.25) is 0 Å². The SMILES string of the molecule is c1ccc(-c2ccc3cc(-c4ccc(N(c5ccc(-c6ccc7c(c6)oc6ccccc67)cc5)c5cccc(-c6cccc7c6-c6ccccc6C7(c6ccccc6)c6ccccc6)c5)cc4)ccc3c2)cc1. The highest BCUT2D eigenvalue weighted by Crippen LogP contribution is 2.58. The van der Waals surface area contributed by atoms with Crippen LogP contribution in [0.3, 0.4) is 0 Å². The Morgan fingerprint density at radius 1 is 0.274 bits per heavy atom. The third kappa shape index (κ3) is 7.10. The number of benzene rings is 12. The van der Waals surface area contributed by atoms with Crippen LogP contribution in [0, 0.1) is 0 Å². The van der Waals surface area contributed by atoms with Crippen molar-refractivity contribution in [1.29, 1.82) is 0 Å². The van der Waals surface area contributed by atoms with Gasteiger partial charge < -0.3 is 9.32 Å². The fraction of sp³-hybridized carbons (Fsp3) is 0.0141. The minimum absolute atomic E-state index is 0.483. The minimum atomic E-state index is -0.483. The molecule has 0 amide bonds. The van der Waals surface area contributed by atoms with Crippen LogP contribution < -0.4 is 4.90 Å². The Hall–Kier alpha value is -9.50. The van der Waals surface area contributed by atoms with Gasteiger partial charge in [-0.05, 0) is 155 Å². The van der Waals surface area contributed by atoms with E-state index in [9.17, 15) is 0 Å². The van der Waals surface area contributed by atoms with Crippen molar-refractivity contribution >= 4 is 49.8 Å². The first-order chi connectivity index (χ1) is 36.2. The van der Waals surface area contributed by atoms with E-state index in [0.717, 1.165) is 55.7 Å². The predicted molar refractivity (Wildman–Crippen MR) is 305 cm³/mol. The molecule has 0 saturated carbocycles. The average molecular weight is 930 g/mol. The Bertz CT molecular complexity index is 4130. The zero-order chi connectivity index (χ0) is 48.3. The molecule has 73 heavy (non-hydrogen) atoms. The van der Waals surface area contributed by atoms with Crippen molar-refractivity contribution in [3.05, 3.63) is 307 Å². The maximum absolute atomic E-state index is 6.32. The van der Waals surface area contributed by atoms with Gasteiger partial charge in [0, 0.05) is 27.8 Å². The second kappa shape index (κ2) is 17.4. The summed E-state index contributed by atoms with van der Waals surface area (Å²) in [4.78, 5) is 2.39. The van der Waals surface area contributed by atoms with Crippen LogP contribution >= 0.6 is 0 Å². The van der Waals surface area contributed by atoms with Gasteiger partial charge in [0.05, 0.1) is 5.41 Å². The van der Waals surface area contributed by atoms with Crippen LogP contribution in [-0.4, -0.2) is 0 Å². The van der Waals surface area contributed by atoms with E-state index in [4.69, 9.17) is 4.42 Å². The molecule has 2 heteroatoms. The molecule has 1 aliphatic carbocycles. The second-order valence-electron chi connectivity index (χ2n) is 19.2. The first-order valence-corrected chi connectivity index (χ1v) is 25.1. The van der Waals surface area contributed by atoms with Crippen LogP contribution in [0.25, 0.3) is 88.3 Å². The molecule has 14 rings (SSSR count). The summed E-state index contributed by atoms with van der Waals surface area (Å²) in [6.45, 7) is 0. The first kappa shape index (κ1) is 42.4. The molecule has 1 aliphatic rings. The smallest absolute Gasteiger partial charge is 0.136 e. The van der Waals surface area contributed by atoms with Crippen molar-refractivity contribution < 1.29 is 4.42 Å². The van der Waals surface area contributed by atoms with Gasteiger partial charge in [-0.2, -0.15) is 0 Å². The monoisotopic (exact) mass is 929 g/mol. The molecule has 1 aromatic heterocycles. The summed E-state index contributed by atoms with van der Waals surface area (Å²) in [6, 6.07) is 104. The minimum Gasteiger partial charge on any atom is -0.456 e. The van der Waals surface area contributed by atoms with E-state index in [1.807, 2.05) is 12.1 Å². The van der Waals surface area contributed by atoms with Crippen LogP contribution in [0.15, 0.2) is 290 Å². The molecule has 0 spiro atoms. The molecule has 0 atom stereocenters. The Balaban J connectivity index is 0.881. The molecule has 13 aromatic rings. The van der Waals surface area contributed by atoms with Crippen molar-refractivity contribution in [2.24, 2.45) is 0 Å². The summed E-state index contributed by atoms with van der Waals surface area (Å²) in [5.74, 6) is 0. The fourth-order valence-corrected chi connectivity index (χ4v) is 11.7. The van der Waals surface area contributed by atoms with E-state index in [-0.39, 0.29) is 0 Å². The molecule has 0 saturated heterocycles.